The van der Waals surface area contributed by atoms with Gasteiger partial charge >= 0.3 is 5.97 Å². The minimum atomic E-state index is -0.0191. The summed E-state index contributed by atoms with van der Waals surface area (Å²) in [7, 11) is 6.46. The van der Waals surface area contributed by atoms with Crippen LogP contribution in [0, 0.1) is 0 Å². The van der Waals surface area contributed by atoms with Crippen LogP contribution in [0.25, 0.3) is 0 Å². The number of hydrogen-bond acceptors (Lipinski definition) is 2. The molecule has 28 heavy (non-hydrogen) atoms. The third kappa shape index (κ3) is 23.5. The van der Waals surface area contributed by atoms with Gasteiger partial charge in [0.2, 0.25) is 0 Å². The van der Waals surface area contributed by atoms with Crippen molar-refractivity contribution >= 4 is 5.97 Å². The summed E-state index contributed by atoms with van der Waals surface area (Å²) in [5.41, 5.74) is 0. The van der Waals surface area contributed by atoms with Crippen LogP contribution in [-0.2, 0) is 9.53 Å². The summed E-state index contributed by atoms with van der Waals surface area (Å²) in [4.78, 5) is 11.7. The van der Waals surface area contributed by atoms with E-state index in [4.69, 9.17) is 4.74 Å². The van der Waals surface area contributed by atoms with E-state index in [-0.39, 0.29) is 5.97 Å². The Labute approximate surface area is 177 Å². The summed E-state index contributed by atoms with van der Waals surface area (Å²) < 4.78 is 6.24. The van der Waals surface area contributed by atoms with E-state index < -0.39 is 0 Å². The van der Waals surface area contributed by atoms with Crippen LogP contribution < -0.4 is 0 Å². The lowest BCUT2D eigenvalue weighted by Crippen LogP contribution is -2.35. The molecule has 0 aliphatic rings. The molecule has 0 amide bonds. The molecule has 0 saturated carbocycles. The molecule has 0 aliphatic heterocycles. The van der Waals surface area contributed by atoms with E-state index in [9.17, 15) is 4.79 Å². The lowest BCUT2D eigenvalue weighted by molar-refractivity contribution is -0.870. The first-order chi connectivity index (χ1) is 13.5. The number of unbranched alkanes of at least 4 members (excludes halogenated alkanes) is 15. The lowest BCUT2D eigenvalue weighted by atomic mass is 10.0. The highest BCUT2D eigenvalue weighted by Crippen LogP contribution is 2.13. The van der Waals surface area contributed by atoms with Gasteiger partial charge in [-0.2, -0.15) is 0 Å². The van der Waals surface area contributed by atoms with Crippen LogP contribution in [0.4, 0.5) is 0 Å². The Bertz CT molecular complexity index is 336. The standard InChI is InChI=1S/C25H52NO2/c1-5-6-7-8-9-10-11-12-13-14-15-16-17-18-19-20-24-28-25(27)22-21-23-26(2,3)4/h5-24H2,1-4H3/q+1. The summed E-state index contributed by atoms with van der Waals surface area (Å²) in [5, 5.41) is 0. The van der Waals surface area contributed by atoms with E-state index in [0.29, 0.717) is 13.0 Å². The van der Waals surface area contributed by atoms with Crippen molar-refractivity contribution in [2.45, 2.75) is 122 Å². The number of quaternary nitrogens is 1. The molecule has 0 fully saturated rings. The third-order valence-electron chi connectivity index (χ3n) is 5.47. The second-order valence-corrected chi connectivity index (χ2v) is 9.64. The zero-order chi connectivity index (χ0) is 20.9. The second-order valence-electron chi connectivity index (χ2n) is 9.64. The van der Waals surface area contributed by atoms with Crippen LogP contribution in [0.5, 0.6) is 0 Å². The van der Waals surface area contributed by atoms with Crippen LogP contribution in [0.15, 0.2) is 0 Å². The van der Waals surface area contributed by atoms with Gasteiger partial charge in [0, 0.05) is 6.42 Å². The number of hydrogen-bond donors (Lipinski definition) is 0. The summed E-state index contributed by atoms with van der Waals surface area (Å²) in [6, 6.07) is 0. The third-order valence-corrected chi connectivity index (χ3v) is 5.47. The maximum Gasteiger partial charge on any atom is 0.306 e. The summed E-state index contributed by atoms with van der Waals surface area (Å²) in [6.45, 7) is 3.92. The molecule has 0 heterocycles. The van der Waals surface area contributed by atoms with Gasteiger partial charge in [-0.3, -0.25) is 4.79 Å². The fourth-order valence-electron chi connectivity index (χ4n) is 3.61. The Morgan fingerprint density at radius 1 is 0.607 bits per heavy atom. The zero-order valence-electron chi connectivity index (χ0n) is 19.9. The van der Waals surface area contributed by atoms with E-state index in [2.05, 4.69) is 28.1 Å². The number of ether oxygens (including phenoxy) is 1. The van der Waals surface area contributed by atoms with E-state index >= 15 is 0 Å². The molecule has 0 rings (SSSR count). The van der Waals surface area contributed by atoms with Gasteiger partial charge in [0.15, 0.2) is 0 Å². The molecule has 0 atom stereocenters. The average molecular weight is 399 g/mol. The summed E-state index contributed by atoms with van der Waals surface area (Å²) in [6.07, 6.45) is 23.4. The first-order valence-corrected chi connectivity index (χ1v) is 12.4. The molecule has 3 heteroatoms. The Balaban J connectivity index is 3.15. The Kier molecular flexibility index (Phi) is 19.3. The fraction of sp³-hybridized carbons (Fsp3) is 0.960. The molecule has 0 N–H and O–H groups in total. The van der Waals surface area contributed by atoms with Crippen molar-refractivity contribution in [1.82, 2.24) is 0 Å². The van der Waals surface area contributed by atoms with Crippen molar-refractivity contribution in [1.29, 1.82) is 0 Å². The minimum absolute atomic E-state index is 0.0191. The van der Waals surface area contributed by atoms with Crippen LogP contribution in [0.2, 0.25) is 0 Å². The molecule has 3 nitrogen and oxygen atoms in total. The second kappa shape index (κ2) is 19.7. The molecular weight excluding hydrogens is 346 g/mol. The molecule has 168 valence electrons. The lowest BCUT2D eigenvalue weighted by Gasteiger charge is -2.23. The van der Waals surface area contributed by atoms with Crippen LogP contribution in [0.1, 0.15) is 122 Å². The number of carbonyl (C=O) groups is 1. The molecule has 0 aromatic carbocycles. The Morgan fingerprint density at radius 2 is 1.00 bits per heavy atom. The first-order valence-electron chi connectivity index (χ1n) is 12.4. The molecule has 0 unspecified atom stereocenters. The summed E-state index contributed by atoms with van der Waals surface area (Å²) >= 11 is 0. The smallest absolute Gasteiger partial charge is 0.306 e. The molecule has 0 aromatic heterocycles. The van der Waals surface area contributed by atoms with Gasteiger partial charge in [-0.05, 0) is 6.42 Å². The number of carbonyl (C=O) groups excluding carboxylic acids is 1. The monoisotopic (exact) mass is 398 g/mol. The Hall–Kier alpha value is -0.570. The molecule has 0 saturated heterocycles. The first kappa shape index (κ1) is 27.4. The van der Waals surface area contributed by atoms with Crippen molar-refractivity contribution in [2.24, 2.45) is 0 Å². The molecule has 0 bridgehead atoms. The van der Waals surface area contributed by atoms with Gasteiger partial charge in [-0.25, -0.2) is 0 Å². The van der Waals surface area contributed by atoms with E-state index in [1.165, 1.54) is 96.3 Å². The Morgan fingerprint density at radius 3 is 1.39 bits per heavy atom. The predicted octanol–water partition coefficient (Wildman–Crippen LogP) is 7.28. The molecule has 0 aliphatic carbocycles. The van der Waals surface area contributed by atoms with Crippen LogP contribution in [0.3, 0.4) is 0 Å². The van der Waals surface area contributed by atoms with Crippen LogP contribution in [-0.4, -0.2) is 44.7 Å². The van der Waals surface area contributed by atoms with Gasteiger partial charge in [0.25, 0.3) is 0 Å². The van der Waals surface area contributed by atoms with Gasteiger partial charge in [0.05, 0.1) is 40.7 Å². The zero-order valence-corrected chi connectivity index (χ0v) is 19.9. The van der Waals surface area contributed by atoms with E-state index in [1.807, 2.05) is 0 Å². The fourth-order valence-corrected chi connectivity index (χ4v) is 3.61. The maximum absolute atomic E-state index is 11.7. The quantitative estimate of drug-likeness (QED) is 0.115. The average Bonchev–Trinajstić information content (AvgIpc) is 2.63. The predicted molar refractivity (Wildman–Crippen MR) is 123 cm³/mol. The minimum Gasteiger partial charge on any atom is -0.466 e. The van der Waals surface area contributed by atoms with Gasteiger partial charge in [0.1, 0.15) is 0 Å². The SMILES string of the molecule is CCCCCCCCCCCCCCCCCCOC(=O)CCC[N+](C)(C)C. The van der Waals surface area contributed by atoms with Gasteiger partial charge < -0.3 is 9.22 Å². The van der Waals surface area contributed by atoms with Gasteiger partial charge in [-0.15, -0.1) is 0 Å². The molecule has 0 radical (unpaired) electrons. The van der Waals surface area contributed by atoms with Crippen LogP contribution >= 0.6 is 0 Å². The van der Waals surface area contributed by atoms with Crippen molar-refractivity contribution in [2.75, 3.05) is 34.3 Å². The highest BCUT2D eigenvalue weighted by Gasteiger charge is 2.09. The van der Waals surface area contributed by atoms with E-state index in [1.54, 1.807) is 0 Å². The maximum atomic E-state index is 11.7. The highest BCUT2D eigenvalue weighted by atomic mass is 16.5. The molecule has 0 aromatic rings. The number of nitrogens with zero attached hydrogens (tertiary/aromatic N) is 1. The number of rotatable bonds is 21. The summed E-state index contributed by atoms with van der Waals surface area (Å²) in [5.74, 6) is -0.0191. The van der Waals surface area contributed by atoms with Gasteiger partial charge in [-0.1, -0.05) is 103 Å². The topological polar surface area (TPSA) is 26.3 Å². The van der Waals surface area contributed by atoms with Crippen molar-refractivity contribution in [3.63, 3.8) is 0 Å². The largest absolute Gasteiger partial charge is 0.466 e. The van der Waals surface area contributed by atoms with Crippen molar-refractivity contribution in [3.8, 4) is 0 Å². The van der Waals surface area contributed by atoms with E-state index in [0.717, 1.165) is 23.9 Å². The normalized spacial score (nSPS) is 11.7. The number of esters is 1. The van der Waals surface area contributed by atoms with Crippen molar-refractivity contribution < 1.29 is 14.0 Å². The highest BCUT2D eigenvalue weighted by molar-refractivity contribution is 5.69. The van der Waals surface area contributed by atoms with Crippen molar-refractivity contribution in [3.05, 3.63) is 0 Å². The molecule has 0 spiro atoms. The molecular formula is C25H52NO2+.